The minimum atomic E-state index is -0.0700. The summed E-state index contributed by atoms with van der Waals surface area (Å²) in [6, 6.07) is 0.608. The number of hydrogen-bond donors (Lipinski definition) is 2. The molecule has 0 aliphatic carbocycles. The maximum Gasteiger partial charge on any atom is 0.0595 e. The smallest absolute Gasteiger partial charge is 0.0595 e. The van der Waals surface area contributed by atoms with E-state index < -0.39 is 0 Å². The van der Waals surface area contributed by atoms with Crippen molar-refractivity contribution in [1.29, 1.82) is 0 Å². The lowest BCUT2D eigenvalue weighted by Gasteiger charge is -2.29. The molecule has 0 aromatic rings. The molecule has 0 saturated carbocycles. The number of hydrogen-bond acceptors (Lipinski definition) is 3. The number of aliphatic hydroxyl groups is 1. The topological polar surface area (TPSA) is 49.5 Å². The SMILES string of the molecule is CC(C)C1CCCN1CC(N)CO. The van der Waals surface area contributed by atoms with Crippen LogP contribution >= 0.6 is 0 Å². The lowest BCUT2D eigenvalue weighted by molar-refractivity contribution is 0.167. The predicted octanol–water partition coefficient (Wildman–Crippen LogP) is 0.426. The van der Waals surface area contributed by atoms with E-state index in [1.807, 2.05) is 0 Å². The molecular weight excluding hydrogens is 164 g/mol. The fourth-order valence-corrected chi connectivity index (χ4v) is 2.19. The third-order valence-electron chi connectivity index (χ3n) is 2.89. The van der Waals surface area contributed by atoms with Crippen molar-refractivity contribution < 1.29 is 5.11 Å². The molecule has 1 aliphatic rings. The summed E-state index contributed by atoms with van der Waals surface area (Å²) in [5.74, 6) is 0.702. The monoisotopic (exact) mass is 186 g/mol. The van der Waals surface area contributed by atoms with Crippen LogP contribution in [0.5, 0.6) is 0 Å². The highest BCUT2D eigenvalue weighted by Gasteiger charge is 2.27. The largest absolute Gasteiger partial charge is 0.395 e. The van der Waals surface area contributed by atoms with E-state index in [4.69, 9.17) is 10.8 Å². The molecule has 1 aliphatic heterocycles. The Bertz CT molecular complexity index is 150. The molecule has 0 radical (unpaired) electrons. The summed E-state index contributed by atoms with van der Waals surface area (Å²) in [6.45, 7) is 6.61. The van der Waals surface area contributed by atoms with Crippen molar-refractivity contribution in [1.82, 2.24) is 4.90 Å². The van der Waals surface area contributed by atoms with Crippen LogP contribution in [0.15, 0.2) is 0 Å². The lowest BCUT2D eigenvalue weighted by atomic mass is 10.0. The van der Waals surface area contributed by atoms with Crippen molar-refractivity contribution in [2.45, 2.75) is 38.8 Å². The molecule has 0 aromatic carbocycles. The zero-order chi connectivity index (χ0) is 9.84. The van der Waals surface area contributed by atoms with Gasteiger partial charge in [0, 0.05) is 18.6 Å². The van der Waals surface area contributed by atoms with Gasteiger partial charge in [0.15, 0.2) is 0 Å². The van der Waals surface area contributed by atoms with Crippen LogP contribution < -0.4 is 5.73 Å². The van der Waals surface area contributed by atoms with Gasteiger partial charge in [0.05, 0.1) is 6.61 Å². The number of likely N-dealkylation sites (tertiary alicyclic amines) is 1. The van der Waals surface area contributed by atoms with Crippen molar-refractivity contribution in [2.75, 3.05) is 19.7 Å². The Balaban J connectivity index is 2.39. The fourth-order valence-electron chi connectivity index (χ4n) is 2.19. The quantitative estimate of drug-likeness (QED) is 0.669. The molecule has 3 N–H and O–H groups in total. The number of rotatable bonds is 4. The molecule has 3 nitrogen and oxygen atoms in total. The first-order valence-corrected chi connectivity index (χ1v) is 5.25. The minimum absolute atomic E-state index is 0.0700. The Morgan fingerprint density at radius 2 is 2.23 bits per heavy atom. The minimum Gasteiger partial charge on any atom is -0.395 e. The average Bonchev–Trinajstić information content (AvgIpc) is 2.52. The molecule has 2 unspecified atom stereocenters. The van der Waals surface area contributed by atoms with Gasteiger partial charge in [-0.1, -0.05) is 13.8 Å². The molecule has 0 spiro atoms. The van der Waals surface area contributed by atoms with Gasteiger partial charge >= 0.3 is 0 Å². The molecule has 0 amide bonds. The molecule has 2 atom stereocenters. The highest BCUT2D eigenvalue weighted by Crippen LogP contribution is 2.23. The van der Waals surface area contributed by atoms with Crippen LogP contribution in [0.2, 0.25) is 0 Å². The third-order valence-corrected chi connectivity index (χ3v) is 2.89. The van der Waals surface area contributed by atoms with E-state index in [1.165, 1.54) is 12.8 Å². The van der Waals surface area contributed by atoms with Crippen molar-refractivity contribution in [3.05, 3.63) is 0 Å². The Hall–Kier alpha value is -0.120. The molecule has 0 aromatic heterocycles. The summed E-state index contributed by atoms with van der Waals surface area (Å²) in [4.78, 5) is 2.42. The zero-order valence-corrected chi connectivity index (χ0v) is 8.74. The molecule has 13 heavy (non-hydrogen) atoms. The lowest BCUT2D eigenvalue weighted by Crippen LogP contribution is -2.43. The van der Waals surface area contributed by atoms with Gasteiger partial charge in [0.1, 0.15) is 0 Å². The van der Waals surface area contributed by atoms with Gasteiger partial charge in [0.25, 0.3) is 0 Å². The van der Waals surface area contributed by atoms with Gasteiger partial charge in [-0.25, -0.2) is 0 Å². The molecule has 1 rings (SSSR count). The maximum absolute atomic E-state index is 8.87. The molecule has 1 heterocycles. The van der Waals surface area contributed by atoms with Gasteiger partial charge in [-0.2, -0.15) is 0 Å². The van der Waals surface area contributed by atoms with Crippen molar-refractivity contribution in [2.24, 2.45) is 11.7 Å². The maximum atomic E-state index is 8.87. The average molecular weight is 186 g/mol. The second-order valence-corrected chi connectivity index (χ2v) is 4.39. The highest BCUT2D eigenvalue weighted by molar-refractivity contribution is 4.83. The van der Waals surface area contributed by atoms with Crippen LogP contribution in [-0.2, 0) is 0 Å². The van der Waals surface area contributed by atoms with Crippen LogP contribution in [0, 0.1) is 5.92 Å². The fraction of sp³-hybridized carbons (Fsp3) is 1.00. The van der Waals surface area contributed by atoms with Gasteiger partial charge in [-0.3, -0.25) is 4.90 Å². The summed E-state index contributed by atoms with van der Waals surface area (Å²) in [5.41, 5.74) is 5.72. The highest BCUT2D eigenvalue weighted by atomic mass is 16.3. The van der Waals surface area contributed by atoms with Crippen LogP contribution in [0.25, 0.3) is 0 Å². The van der Waals surface area contributed by atoms with E-state index in [0.717, 1.165) is 13.1 Å². The van der Waals surface area contributed by atoms with Crippen molar-refractivity contribution in [3.8, 4) is 0 Å². The van der Waals surface area contributed by atoms with Crippen LogP contribution in [0.3, 0.4) is 0 Å². The summed E-state index contributed by atoms with van der Waals surface area (Å²) < 4.78 is 0. The predicted molar refractivity (Wildman–Crippen MR) is 54.5 cm³/mol. The van der Waals surface area contributed by atoms with Gasteiger partial charge < -0.3 is 10.8 Å². The number of aliphatic hydroxyl groups excluding tert-OH is 1. The number of nitrogens with zero attached hydrogens (tertiary/aromatic N) is 1. The third kappa shape index (κ3) is 2.93. The molecule has 1 fully saturated rings. The molecular formula is C10H22N2O. The summed E-state index contributed by atoms with van der Waals surface area (Å²) in [5, 5.41) is 8.87. The van der Waals surface area contributed by atoms with E-state index in [0.29, 0.717) is 12.0 Å². The van der Waals surface area contributed by atoms with Crippen LogP contribution in [-0.4, -0.2) is 41.8 Å². The molecule has 3 heteroatoms. The normalized spacial score (nSPS) is 27.0. The Morgan fingerprint density at radius 3 is 2.77 bits per heavy atom. The first-order valence-electron chi connectivity index (χ1n) is 5.25. The summed E-state index contributed by atoms with van der Waals surface area (Å²) in [7, 11) is 0. The van der Waals surface area contributed by atoms with E-state index in [2.05, 4.69) is 18.7 Å². The van der Waals surface area contributed by atoms with E-state index in [-0.39, 0.29) is 12.6 Å². The van der Waals surface area contributed by atoms with Crippen LogP contribution in [0.1, 0.15) is 26.7 Å². The standard InChI is InChI=1S/C10H22N2O/c1-8(2)10-4-3-5-12(10)6-9(11)7-13/h8-10,13H,3-7,11H2,1-2H3. The zero-order valence-electron chi connectivity index (χ0n) is 8.74. The molecule has 1 saturated heterocycles. The van der Waals surface area contributed by atoms with E-state index in [1.54, 1.807) is 0 Å². The second-order valence-electron chi connectivity index (χ2n) is 4.39. The summed E-state index contributed by atoms with van der Waals surface area (Å²) in [6.07, 6.45) is 2.57. The van der Waals surface area contributed by atoms with Gasteiger partial charge in [-0.05, 0) is 25.3 Å². The first kappa shape index (κ1) is 11.0. The van der Waals surface area contributed by atoms with Crippen molar-refractivity contribution in [3.63, 3.8) is 0 Å². The number of nitrogens with two attached hydrogens (primary N) is 1. The Kier molecular flexibility index (Phi) is 4.16. The van der Waals surface area contributed by atoms with E-state index in [9.17, 15) is 0 Å². The Labute approximate surface area is 80.9 Å². The Morgan fingerprint density at radius 1 is 1.54 bits per heavy atom. The summed E-state index contributed by atoms with van der Waals surface area (Å²) >= 11 is 0. The molecule has 0 bridgehead atoms. The van der Waals surface area contributed by atoms with E-state index >= 15 is 0 Å². The van der Waals surface area contributed by atoms with Gasteiger partial charge in [-0.15, -0.1) is 0 Å². The molecule has 78 valence electrons. The second kappa shape index (κ2) is 4.94. The van der Waals surface area contributed by atoms with Gasteiger partial charge in [0.2, 0.25) is 0 Å². The van der Waals surface area contributed by atoms with Crippen LogP contribution in [0.4, 0.5) is 0 Å². The van der Waals surface area contributed by atoms with Crippen molar-refractivity contribution >= 4 is 0 Å². The first-order chi connectivity index (χ1) is 6.15.